The minimum atomic E-state index is -0.214. The Balaban J connectivity index is 1.10. The average molecular weight is 559 g/mol. The Morgan fingerprint density at radius 1 is 1.10 bits per heavy atom. The first kappa shape index (κ1) is 26.9. The van der Waals surface area contributed by atoms with E-state index in [0.717, 1.165) is 69.3 Å². The number of methoxy groups -OCH3 is 1. The van der Waals surface area contributed by atoms with Crippen LogP contribution in [0.4, 0.5) is 11.4 Å². The summed E-state index contributed by atoms with van der Waals surface area (Å²) >= 11 is 6.56. The van der Waals surface area contributed by atoms with E-state index in [1.807, 2.05) is 12.1 Å². The highest BCUT2D eigenvalue weighted by atomic mass is 35.5. The predicted octanol–water partition coefficient (Wildman–Crippen LogP) is 4.01. The summed E-state index contributed by atoms with van der Waals surface area (Å²) in [6.45, 7) is 5.07. The Labute approximate surface area is 234 Å². The van der Waals surface area contributed by atoms with Crippen LogP contribution in [-0.4, -0.2) is 75.2 Å². The fourth-order valence-electron chi connectivity index (χ4n) is 6.53. The first-order valence-electron chi connectivity index (χ1n) is 14.3. The maximum Gasteiger partial charge on any atom is 0.287 e. The Hall–Kier alpha value is -2.33. The first-order valence-corrected chi connectivity index (χ1v) is 14.7. The molecule has 0 unspecified atom stereocenters. The molecule has 3 heterocycles. The number of aromatic nitrogens is 2. The van der Waals surface area contributed by atoms with Gasteiger partial charge in [0.1, 0.15) is 10.8 Å². The Kier molecular flexibility index (Phi) is 8.30. The summed E-state index contributed by atoms with van der Waals surface area (Å²) in [4.78, 5) is 15.7. The molecule has 1 N–H and O–H groups in total. The quantitative estimate of drug-likeness (QED) is 0.494. The van der Waals surface area contributed by atoms with Gasteiger partial charge >= 0.3 is 0 Å². The fourth-order valence-corrected chi connectivity index (χ4v) is 6.73. The summed E-state index contributed by atoms with van der Waals surface area (Å²) in [5.74, 6) is 2.76. The summed E-state index contributed by atoms with van der Waals surface area (Å²) < 4.78 is 24.3. The van der Waals surface area contributed by atoms with Gasteiger partial charge in [0.15, 0.2) is 0 Å². The van der Waals surface area contributed by atoms with Crippen molar-refractivity contribution < 1.29 is 18.9 Å². The van der Waals surface area contributed by atoms with Gasteiger partial charge < -0.3 is 29.2 Å². The van der Waals surface area contributed by atoms with E-state index in [1.54, 1.807) is 18.0 Å². The number of hydrogen-bond acceptors (Lipinski definition) is 8. The van der Waals surface area contributed by atoms with Gasteiger partial charge in [0.25, 0.3) is 5.56 Å². The van der Waals surface area contributed by atoms with Gasteiger partial charge in [-0.15, -0.1) is 0 Å². The topological polar surface area (TPSA) is 87.1 Å². The zero-order chi connectivity index (χ0) is 26.8. The number of halogens is 1. The van der Waals surface area contributed by atoms with E-state index in [1.165, 1.54) is 6.42 Å². The molecule has 0 radical (unpaired) electrons. The zero-order valence-corrected chi connectivity index (χ0v) is 23.4. The molecule has 2 saturated heterocycles. The van der Waals surface area contributed by atoms with Crippen molar-refractivity contribution in [1.82, 2.24) is 9.78 Å². The summed E-state index contributed by atoms with van der Waals surface area (Å²) in [5, 5.41) is 8.16. The molecule has 4 aliphatic rings. The zero-order valence-electron chi connectivity index (χ0n) is 22.6. The lowest BCUT2D eigenvalue weighted by Gasteiger charge is -2.40. The molecular formula is C29H39ClN4O5. The average Bonchev–Trinajstić information content (AvgIpc) is 3.78. The van der Waals surface area contributed by atoms with E-state index in [4.69, 9.17) is 30.5 Å². The molecule has 2 aliphatic heterocycles. The van der Waals surface area contributed by atoms with Gasteiger partial charge in [0, 0.05) is 37.3 Å². The van der Waals surface area contributed by atoms with E-state index in [0.29, 0.717) is 43.4 Å². The third kappa shape index (κ3) is 6.06. The summed E-state index contributed by atoms with van der Waals surface area (Å²) in [7, 11) is 1.68. The second kappa shape index (κ2) is 12.0. The van der Waals surface area contributed by atoms with Crippen molar-refractivity contribution >= 4 is 23.0 Å². The highest BCUT2D eigenvalue weighted by molar-refractivity contribution is 6.32. The lowest BCUT2D eigenvalue weighted by molar-refractivity contribution is -0.0847. The molecule has 10 heteroatoms. The van der Waals surface area contributed by atoms with Crippen LogP contribution in [0.5, 0.6) is 5.75 Å². The minimum Gasteiger partial charge on any atom is -0.497 e. The van der Waals surface area contributed by atoms with Crippen LogP contribution in [0.3, 0.4) is 0 Å². The van der Waals surface area contributed by atoms with Crippen molar-refractivity contribution in [2.24, 2.45) is 17.8 Å². The van der Waals surface area contributed by atoms with E-state index < -0.39 is 0 Å². The van der Waals surface area contributed by atoms with E-state index in [-0.39, 0.29) is 22.7 Å². The molecule has 2 saturated carbocycles. The number of hydrogen-bond donors (Lipinski definition) is 1. The third-order valence-corrected chi connectivity index (χ3v) is 9.25. The summed E-state index contributed by atoms with van der Waals surface area (Å²) in [6.07, 6.45) is 6.61. The number of nitrogens with one attached hydrogen (secondary N) is 1. The Morgan fingerprint density at radius 2 is 1.92 bits per heavy atom. The second-order valence-electron chi connectivity index (χ2n) is 11.3. The SMILES string of the molecule is COc1ccc(N(C[C@H]2COCCO2)[C@H]2CC[C@H](n3ncc(NC[C@@H]4COC[C@@H]5C[C@H]45)c(Cl)c3=O)CC2)cc1. The molecule has 0 bridgehead atoms. The molecule has 212 valence electrons. The number of ether oxygens (including phenoxy) is 4. The molecule has 39 heavy (non-hydrogen) atoms. The number of anilines is 2. The predicted molar refractivity (Wildman–Crippen MR) is 150 cm³/mol. The van der Waals surface area contributed by atoms with Crippen LogP contribution in [0, 0.1) is 17.8 Å². The highest BCUT2D eigenvalue weighted by Crippen LogP contribution is 2.47. The number of fused-ring (bicyclic) bond motifs is 1. The van der Waals surface area contributed by atoms with Gasteiger partial charge in [-0.2, -0.15) is 5.10 Å². The first-order chi connectivity index (χ1) is 19.1. The summed E-state index contributed by atoms with van der Waals surface area (Å²) in [5.41, 5.74) is 1.55. The Morgan fingerprint density at radius 3 is 2.67 bits per heavy atom. The normalized spacial score (nSPS) is 30.3. The molecule has 2 aromatic rings. The van der Waals surface area contributed by atoms with Gasteiger partial charge in [0.2, 0.25) is 0 Å². The van der Waals surface area contributed by atoms with Crippen LogP contribution in [0.2, 0.25) is 5.02 Å². The van der Waals surface area contributed by atoms with Crippen LogP contribution in [0.15, 0.2) is 35.3 Å². The van der Waals surface area contributed by atoms with Crippen molar-refractivity contribution in [2.45, 2.75) is 50.3 Å². The van der Waals surface area contributed by atoms with Crippen molar-refractivity contribution in [1.29, 1.82) is 0 Å². The third-order valence-electron chi connectivity index (χ3n) is 8.89. The largest absolute Gasteiger partial charge is 0.497 e. The van der Waals surface area contributed by atoms with Crippen molar-refractivity contribution in [3.8, 4) is 5.75 Å². The van der Waals surface area contributed by atoms with E-state index in [9.17, 15) is 4.79 Å². The van der Waals surface area contributed by atoms with E-state index >= 15 is 0 Å². The van der Waals surface area contributed by atoms with Crippen LogP contribution in [0.25, 0.3) is 0 Å². The molecule has 4 fully saturated rings. The van der Waals surface area contributed by atoms with E-state index in [2.05, 4.69) is 27.4 Å². The van der Waals surface area contributed by atoms with Gasteiger partial charge in [-0.1, -0.05) is 11.6 Å². The van der Waals surface area contributed by atoms with Crippen LogP contribution in [-0.2, 0) is 14.2 Å². The smallest absolute Gasteiger partial charge is 0.287 e. The molecule has 0 amide bonds. The van der Waals surface area contributed by atoms with Crippen LogP contribution >= 0.6 is 11.6 Å². The molecule has 1 aromatic heterocycles. The monoisotopic (exact) mass is 558 g/mol. The van der Waals surface area contributed by atoms with Gasteiger partial charge in [0.05, 0.1) is 57.6 Å². The highest BCUT2D eigenvalue weighted by Gasteiger charge is 2.45. The van der Waals surface area contributed by atoms with Crippen LogP contribution in [0.1, 0.15) is 38.1 Å². The standard InChI is InChI=1S/C29H39ClN4O5/c1-36-24-8-6-22(7-9-24)33(15-25-18-37-10-11-39-25)21-2-4-23(5-3-21)34-29(35)28(30)27(14-32-34)31-13-20-17-38-16-19-12-26(19)20/h6-9,14,19-21,23,25-26,31H,2-5,10-13,15-18H2,1H3/t19-,20+,21-,23-,25-,26-/m0/s1. The maximum atomic E-state index is 13.2. The molecule has 6 rings (SSSR count). The second-order valence-corrected chi connectivity index (χ2v) is 11.7. The van der Waals surface area contributed by atoms with Crippen molar-refractivity contribution in [3.05, 3.63) is 45.8 Å². The van der Waals surface area contributed by atoms with Gasteiger partial charge in [-0.05, 0) is 68.2 Å². The lowest BCUT2D eigenvalue weighted by Crippen LogP contribution is -2.46. The van der Waals surface area contributed by atoms with Gasteiger partial charge in [-0.3, -0.25) is 4.79 Å². The number of nitrogens with zero attached hydrogens (tertiary/aromatic N) is 3. The molecule has 2 aliphatic carbocycles. The van der Waals surface area contributed by atoms with Crippen LogP contribution < -0.4 is 20.5 Å². The summed E-state index contributed by atoms with van der Waals surface area (Å²) in [6, 6.07) is 8.57. The lowest BCUT2D eigenvalue weighted by atomic mass is 9.89. The van der Waals surface area contributed by atoms with Crippen molar-refractivity contribution in [3.63, 3.8) is 0 Å². The minimum absolute atomic E-state index is 0.0336. The fraction of sp³-hybridized carbons (Fsp3) is 0.655. The number of benzene rings is 1. The number of rotatable bonds is 9. The van der Waals surface area contributed by atoms with Gasteiger partial charge in [-0.25, -0.2) is 4.68 Å². The molecule has 1 aromatic carbocycles. The molecular weight excluding hydrogens is 520 g/mol. The molecule has 9 nitrogen and oxygen atoms in total. The van der Waals surface area contributed by atoms with Crippen molar-refractivity contribution in [2.75, 3.05) is 63.5 Å². The molecule has 0 spiro atoms. The Bertz CT molecular complexity index is 1160. The maximum absolute atomic E-state index is 13.2. The molecule has 4 atom stereocenters.